The first kappa shape index (κ1) is 11.3. The van der Waals surface area contributed by atoms with Crippen LogP contribution in [0.25, 0.3) is 0 Å². The first-order chi connectivity index (χ1) is 9.33. The van der Waals surface area contributed by atoms with Gasteiger partial charge in [-0.05, 0) is 49.1 Å². The highest BCUT2D eigenvalue weighted by molar-refractivity contribution is 5.89. The molecule has 2 saturated carbocycles. The summed E-state index contributed by atoms with van der Waals surface area (Å²) in [6.45, 7) is 0. The van der Waals surface area contributed by atoms with Crippen LogP contribution in [0.1, 0.15) is 29.6 Å². The predicted molar refractivity (Wildman–Crippen MR) is 72.6 cm³/mol. The zero-order valence-electron chi connectivity index (χ0n) is 10.9. The summed E-state index contributed by atoms with van der Waals surface area (Å²) in [5.74, 6) is 2.71. The van der Waals surface area contributed by atoms with Crippen LogP contribution in [0.15, 0.2) is 42.5 Å². The average molecular weight is 254 g/mol. The molecule has 0 saturated heterocycles. The lowest BCUT2D eigenvalue weighted by molar-refractivity contribution is 0.00501. The van der Waals surface area contributed by atoms with E-state index in [1.54, 1.807) is 0 Å². The number of fused-ring (bicyclic) bond motifs is 5. The predicted octanol–water partition coefficient (Wildman–Crippen LogP) is 3.44. The molecule has 0 amide bonds. The van der Waals surface area contributed by atoms with Crippen LogP contribution in [0.4, 0.5) is 0 Å². The zero-order chi connectivity index (χ0) is 12.8. The summed E-state index contributed by atoms with van der Waals surface area (Å²) in [6.07, 6.45) is 8.39. The molecule has 0 spiro atoms. The first-order valence-electron chi connectivity index (χ1n) is 7.25. The molecule has 1 aromatic carbocycles. The standard InChI is InChI=1S/C17H18O2/c18-17(11-5-2-1-3-6-11)19-16-10-12-9-15(16)14-8-4-7-13(12)14/h1-6,8,12-16H,7,9-10H2/t12-,13-,14+,15-,16+/m1/s1. The largest absolute Gasteiger partial charge is 0.458 e. The molecule has 1 aromatic rings. The second-order valence-electron chi connectivity index (χ2n) is 6.11. The van der Waals surface area contributed by atoms with Gasteiger partial charge in [0.15, 0.2) is 0 Å². The number of allylic oxidation sites excluding steroid dienone is 2. The van der Waals surface area contributed by atoms with Crippen molar-refractivity contribution in [1.82, 2.24) is 0 Å². The fourth-order valence-corrected chi connectivity index (χ4v) is 4.40. The third-order valence-electron chi connectivity index (χ3n) is 5.22. The Kier molecular flexibility index (Phi) is 2.51. The summed E-state index contributed by atoms with van der Waals surface area (Å²) in [5.41, 5.74) is 0.670. The van der Waals surface area contributed by atoms with Gasteiger partial charge in [-0.25, -0.2) is 4.79 Å². The minimum atomic E-state index is -0.156. The van der Waals surface area contributed by atoms with E-state index in [1.165, 1.54) is 12.8 Å². The van der Waals surface area contributed by atoms with E-state index in [1.807, 2.05) is 30.3 Å². The van der Waals surface area contributed by atoms with Crippen LogP contribution in [-0.2, 0) is 4.74 Å². The Hall–Kier alpha value is -1.57. The number of benzene rings is 1. The molecular weight excluding hydrogens is 236 g/mol. The van der Waals surface area contributed by atoms with Gasteiger partial charge >= 0.3 is 5.97 Å². The molecule has 0 N–H and O–H groups in total. The van der Waals surface area contributed by atoms with Crippen molar-refractivity contribution in [2.75, 3.05) is 0 Å². The Balaban J connectivity index is 1.48. The molecule has 19 heavy (non-hydrogen) atoms. The monoisotopic (exact) mass is 254 g/mol. The van der Waals surface area contributed by atoms with Gasteiger partial charge in [0.05, 0.1) is 5.56 Å². The van der Waals surface area contributed by atoms with E-state index in [4.69, 9.17) is 4.74 Å². The summed E-state index contributed by atoms with van der Waals surface area (Å²) >= 11 is 0. The van der Waals surface area contributed by atoms with E-state index < -0.39 is 0 Å². The maximum absolute atomic E-state index is 12.1. The molecule has 2 bridgehead atoms. The van der Waals surface area contributed by atoms with Gasteiger partial charge in [-0.2, -0.15) is 0 Å². The first-order valence-corrected chi connectivity index (χ1v) is 7.25. The van der Waals surface area contributed by atoms with Gasteiger partial charge in [0.25, 0.3) is 0 Å². The van der Waals surface area contributed by atoms with Crippen molar-refractivity contribution in [2.45, 2.75) is 25.4 Å². The maximum atomic E-state index is 12.1. The molecular formula is C17H18O2. The summed E-state index contributed by atoms with van der Waals surface area (Å²) < 4.78 is 5.77. The van der Waals surface area contributed by atoms with Crippen molar-refractivity contribution in [3.8, 4) is 0 Å². The number of carbonyl (C=O) groups excluding carboxylic acids is 1. The molecule has 2 heteroatoms. The topological polar surface area (TPSA) is 26.3 Å². The Bertz CT molecular complexity index is 519. The van der Waals surface area contributed by atoms with Crippen LogP contribution in [0, 0.1) is 23.7 Å². The molecule has 0 radical (unpaired) electrons. The molecule has 2 nitrogen and oxygen atoms in total. The number of ether oxygens (including phenoxy) is 1. The number of rotatable bonds is 2. The van der Waals surface area contributed by atoms with Crippen molar-refractivity contribution in [1.29, 1.82) is 0 Å². The van der Waals surface area contributed by atoms with E-state index in [2.05, 4.69) is 12.2 Å². The fourth-order valence-electron chi connectivity index (χ4n) is 4.40. The molecule has 3 aliphatic rings. The van der Waals surface area contributed by atoms with Crippen molar-refractivity contribution in [3.63, 3.8) is 0 Å². The third kappa shape index (κ3) is 1.73. The SMILES string of the molecule is O=C(O[C@H]1C[C@H]2C[C@@H]1[C@H]1C=CC[C@H]21)c1ccccc1. The highest BCUT2D eigenvalue weighted by Gasteiger charge is 2.53. The second-order valence-corrected chi connectivity index (χ2v) is 6.11. The molecule has 0 aliphatic heterocycles. The van der Waals surface area contributed by atoms with Gasteiger partial charge in [0.2, 0.25) is 0 Å². The van der Waals surface area contributed by atoms with Crippen molar-refractivity contribution >= 4 is 5.97 Å². The van der Waals surface area contributed by atoms with Gasteiger partial charge in [-0.1, -0.05) is 30.4 Å². The van der Waals surface area contributed by atoms with Crippen molar-refractivity contribution in [2.24, 2.45) is 23.7 Å². The highest BCUT2D eigenvalue weighted by Crippen LogP contribution is 2.57. The quantitative estimate of drug-likeness (QED) is 0.597. The molecule has 0 aromatic heterocycles. The van der Waals surface area contributed by atoms with Crippen LogP contribution in [0.2, 0.25) is 0 Å². The van der Waals surface area contributed by atoms with Crippen LogP contribution in [0.3, 0.4) is 0 Å². The summed E-state index contributed by atoms with van der Waals surface area (Å²) in [4.78, 5) is 12.1. The van der Waals surface area contributed by atoms with Crippen LogP contribution < -0.4 is 0 Å². The lowest BCUT2D eigenvalue weighted by Crippen LogP contribution is -2.32. The Morgan fingerprint density at radius 1 is 1.11 bits per heavy atom. The average Bonchev–Trinajstić information content (AvgIpc) is 3.11. The summed E-state index contributed by atoms with van der Waals surface area (Å²) in [6, 6.07) is 9.34. The third-order valence-corrected chi connectivity index (χ3v) is 5.22. The molecule has 0 unspecified atom stereocenters. The molecule has 4 rings (SSSR count). The van der Waals surface area contributed by atoms with Gasteiger partial charge in [0.1, 0.15) is 6.10 Å². The molecule has 98 valence electrons. The van der Waals surface area contributed by atoms with Crippen molar-refractivity contribution in [3.05, 3.63) is 48.0 Å². The van der Waals surface area contributed by atoms with E-state index in [0.29, 0.717) is 17.4 Å². The normalized spacial score (nSPS) is 38.4. The van der Waals surface area contributed by atoms with Gasteiger partial charge in [0, 0.05) is 5.92 Å². The second kappa shape index (κ2) is 4.22. The number of carbonyl (C=O) groups is 1. The number of hydrogen-bond acceptors (Lipinski definition) is 2. The minimum absolute atomic E-state index is 0.140. The minimum Gasteiger partial charge on any atom is -0.458 e. The Labute approximate surface area is 113 Å². The van der Waals surface area contributed by atoms with Crippen LogP contribution in [0.5, 0.6) is 0 Å². The van der Waals surface area contributed by atoms with Crippen molar-refractivity contribution < 1.29 is 9.53 Å². The maximum Gasteiger partial charge on any atom is 0.338 e. The van der Waals surface area contributed by atoms with E-state index in [-0.39, 0.29) is 12.1 Å². The van der Waals surface area contributed by atoms with Crippen LogP contribution >= 0.6 is 0 Å². The molecule has 0 heterocycles. The van der Waals surface area contributed by atoms with Gasteiger partial charge < -0.3 is 4.74 Å². The lowest BCUT2D eigenvalue weighted by atomic mass is 9.80. The summed E-state index contributed by atoms with van der Waals surface area (Å²) in [7, 11) is 0. The molecule has 5 atom stereocenters. The Morgan fingerprint density at radius 3 is 2.79 bits per heavy atom. The molecule has 3 aliphatic carbocycles. The summed E-state index contributed by atoms with van der Waals surface area (Å²) in [5, 5.41) is 0. The number of hydrogen-bond donors (Lipinski definition) is 0. The highest BCUT2D eigenvalue weighted by atomic mass is 16.5. The Morgan fingerprint density at radius 2 is 1.95 bits per heavy atom. The van der Waals surface area contributed by atoms with Gasteiger partial charge in [-0.3, -0.25) is 0 Å². The van der Waals surface area contributed by atoms with E-state index in [0.717, 1.165) is 18.3 Å². The fraction of sp³-hybridized carbons (Fsp3) is 0.471. The molecule has 2 fully saturated rings. The lowest BCUT2D eigenvalue weighted by Gasteiger charge is -2.30. The zero-order valence-corrected chi connectivity index (χ0v) is 10.9. The van der Waals surface area contributed by atoms with Gasteiger partial charge in [-0.15, -0.1) is 0 Å². The number of esters is 1. The smallest absolute Gasteiger partial charge is 0.338 e. The van der Waals surface area contributed by atoms with E-state index in [9.17, 15) is 4.79 Å². The van der Waals surface area contributed by atoms with Crippen LogP contribution in [-0.4, -0.2) is 12.1 Å². The van der Waals surface area contributed by atoms with E-state index >= 15 is 0 Å².